The zero-order valence-electron chi connectivity index (χ0n) is 11.5. The van der Waals surface area contributed by atoms with Crippen LogP contribution < -0.4 is 10.6 Å². The third-order valence-corrected chi connectivity index (χ3v) is 3.54. The lowest BCUT2D eigenvalue weighted by molar-refractivity contribution is 0.0949. The van der Waals surface area contributed by atoms with Crippen LogP contribution in [-0.2, 0) is 0 Å². The molecule has 1 amide bonds. The molecule has 1 aromatic carbocycles. The van der Waals surface area contributed by atoms with Crippen molar-refractivity contribution >= 4 is 17.7 Å². The standard InChI is InChI=1S/C14H22N2OS/c1-5-15-11(3)9-16-14(17)13-8-12(18-4)7-6-10(13)2/h6-8,11,15H,5,9H2,1-4H3,(H,16,17)/t11-/m1/s1. The largest absolute Gasteiger partial charge is 0.350 e. The van der Waals surface area contributed by atoms with E-state index < -0.39 is 0 Å². The molecule has 0 heterocycles. The van der Waals surface area contributed by atoms with E-state index in [1.165, 1.54) is 0 Å². The highest BCUT2D eigenvalue weighted by atomic mass is 32.2. The second-order valence-electron chi connectivity index (χ2n) is 4.35. The Kier molecular flexibility index (Phi) is 6.22. The fraction of sp³-hybridized carbons (Fsp3) is 0.500. The third kappa shape index (κ3) is 4.35. The lowest BCUT2D eigenvalue weighted by Crippen LogP contribution is -2.39. The predicted molar refractivity (Wildman–Crippen MR) is 78.4 cm³/mol. The molecule has 0 aromatic heterocycles. The fourth-order valence-corrected chi connectivity index (χ4v) is 2.17. The van der Waals surface area contributed by atoms with Crippen LogP contribution in [0.3, 0.4) is 0 Å². The van der Waals surface area contributed by atoms with Crippen molar-refractivity contribution in [3.63, 3.8) is 0 Å². The van der Waals surface area contributed by atoms with Crippen LogP contribution in [0.4, 0.5) is 0 Å². The van der Waals surface area contributed by atoms with Gasteiger partial charge in [-0.25, -0.2) is 0 Å². The number of hydrogen-bond donors (Lipinski definition) is 2. The highest BCUT2D eigenvalue weighted by molar-refractivity contribution is 7.98. The summed E-state index contributed by atoms with van der Waals surface area (Å²) in [6.07, 6.45) is 2.01. The van der Waals surface area contributed by atoms with Crippen LogP contribution in [0.5, 0.6) is 0 Å². The zero-order valence-corrected chi connectivity index (χ0v) is 12.4. The van der Waals surface area contributed by atoms with Gasteiger partial charge in [0.25, 0.3) is 5.91 Å². The highest BCUT2D eigenvalue weighted by Gasteiger charge is 2.10. The normalized spacial score (nSPS) is 12.2. The van der Waals surface area contributed by atoms with Gasteiger partial charge in [0.1, 0.15) is 0 Å². The van der Waals surface area contributed by atoms with E-state index in [0.29, 0.717) is 12.6 Å². The third-order valence-electron chi connectivity index (χ3n) is 2.81. The van der Waals surface area contributed by atoms with Crippen molar-refractivity contribution in [2.75, 3.05) is 19.3 Å². The maximum absolute atomic E-state index is 12.1. The van der Waals surface area contributed by atoms with Crippen molar-refractivity contribution in [2.24, 2.45) is 0 Å². The van der Waals surface area contributed by atoms with Gasteiger partial charge in [-0.1, -0.05) is 13.0 Å². The van der Waals surface area contributed by atoms with Gasteiger partial charge in [-0.3, -0.25) is 4.79 Å². The molecule has 100 valence electrons. The summed E-state index contributed by atoms with van der Waals surface area (Å²) in [5.74, 6) is 0.00755. The first-order valence-corrected chi connectivity index (χ1v) is 7.47. The Morgan fingerprint density at radius 1 is 1.44 bits per heavy atom. The molecule has 0 aliphatic rings. The van der Waals surface area contributed by atoms with Gasteiger partial charge < -0.3 is 10.6 Å². The van der Waals surface area contributed by atoms with Crippen LogP contribution >= 0.6 is 11.8 Å². The van der Waals surface area contributed by atoms with Gasteiger partial charge in [0.15, 0.2) is 0 Å². The van der Waals surface area contributed by atoms with Gasteiger partial charge in [0.2, 0.25) is 0 Å². The Bertz CT molecular complexity index is 407. The minimum Gasteiger partial charge on any atom is -0.350 e. The lowest BCUT2D eigenvalue weighted by atomic mass is 10.1. The Labute approximate surface area is 114 Å². The molecule has 3 nitrogen and oxygen atoms in total. The van der Waals surface area contributed by atoms with Crippen LogP contribution in [0.25, 0.3) is 0 Å². The topological polar surface area (TPSA) is 41.1 Å². The molecule has 0 aliphatic carbocycles. The Morgan fingerprint density at radius 2 is 2.17 bits per heavy atom. The summed E-state index contributed by atoms with van der Waals surface area (Å²) in [5.41, 5.74) is 1.78. The van der Waals surface area contributed by atoms with Crippen LogP contribution in [0.2, 0.25) is 0 Å². The Balaban J connectivity index is 2.66. The summed E-state index contributed by atoms with van der Waals surface area (Å²) in [5, 5.41) is 6.24. The summed E-state index contributed by atoms with van der Waals surface area (Å²) in [6, 6.07) is 6.28. The first kappa shape index (κ1) is 15.1. The molecule has 0 bridgehead atoms. The molecular weight excluding hydrogens is 244 g/mol. The number of amides is 1. The van der Waals surface area contributed by atoms with Gasteiger partial charge in [-0.2, -0.15) is 0 Å². The number of thioether (sulfide) groups is 1. The van der Waals surface area contributed by atoms with Crippen molar-refractivity contribution in [1.82, 2.24) is 10.6 Å². The van der Waals surface area contributed by atoms with Crippen LogP contribution in [-0.4, -0.2) is 31.3 Å². The lowest BCUT2D eigenvalue weighted by Gasteiger charge is -2.14. The molecule has 0 aliphatic heterocycles. The van der Waals surface area contributed by atoms with Gasteiger partial charge in [0, 0.05) is 23.0 Å². The van der Waals surface area contributed by atoms with E-state index in [2.05, 4.69) is 24.5 Å². The maximum atomic E-state index is 12.1. The van der Waals surface area contributed by atoms with Gasteiger partial charge in [0.05, 0.1) is 0 Å². The molecule has 0 unspecified atom stereocenters. The first-order chi connectivity index (χ1) is 8.58. The molecule has 2 N–H and O–H groups in total. The number of aryl methyl sites for hydroxylation is 1. The van der Waals surface area contributed by atoms with Gasteiger partial charge in [-0.05, 0) is 44.3 Å². The van der Waals surface area contributed by atoms with Crippen LogP contribution in [0.1, 0.15) is 29.8 Å². The van der Waals surface area contributed by atoms with Crippen molar-refractivity contribution in [3.8, 4) is 0 Å². The summed E-state index contributed by atoms with van der Waals surface area (Å²) < 4.78 is 0. The molecule has 0 fully saturated rings. The van der Waals surface area contributed by atoms with E-state index in [1.54, 1.807) is 11.8 Å². The number of carbonyl (C=O) groups is 1. The monoisotopic (exact) mass is 266 g/mol. The van der Waals surface area contributed by atoms with Crippen LogP contribution in [0.15, 0.2) is 23.1 Å². The van der Waals surface area contributed by atoms with E-state index in [1.807, 2.05) is 31.4 Å². The van der Waals surface area contributed by atoms with Crippen molar-refractivity contribution in [3.05, 3.63) is 29.3 Å². The second kappa shape index (κ2) is 7.44. The molecular formula is C14H22N2OS. The highest BCUT2D eigenvalue weighted by Crippen LogP contribution is 2.18. The number of rotatable bonds is 6. The van der Waals surface area contributed by atoms with Crippen LogP contribution in [0, 0.1) is 6.92 Å². The molecule has 0 saturated carbocycles. The molecule has 0 radical (unpaired) electrons. The smallest absolute Gasteiger partial charge is 0.251 e. The molecule has 1 rings (SSSR count). The summed E-state index contributed by atoms with van der Waals surface area (Å²) in [4.78, 5) is 13.2. The van der Waals surface area contributed by atoms with E-state index in [0.717, 1.165) is 22.6 Å². The Hall–Kier alpha value is -1.00. The SMILES string of the molecule is CCN[C@H](C)CNC(=O)c1cc(SC)ccc1C. The minimum absolute atomic E-state index is 0.00755. The van der Waals surface area contributed by atoms with Gasteiger partial charge >= 0.3 is 0 Å². The number of benzene rings is 1. The number of nitrogens with one attached hydrogen (secondary N) is 2. The van der Waals surface area contributed by atoms with E-state index in [4.69, 9.17) is 0 Å². The quantitative estimate of drug-likeness (QED) is 0.777. The molecule has 0 saturated heterocycles. The summed E-state index contributed by atoms with van der Waals surface area (Å²) in [7, 11) is 0. The minimum atomic E-state index is 0.00755. The van der Waals surface area contributed by atoms with Crippen molar-refractivity contribution in [1.29, 1.82) is 0 Å². The zero-order chi connectivity index (χ0) is 13.5. The molecule has 0 spiro atoms. The number of hydrogen-bond acceptors (Lipinski definition) is 3. The predicted octanol–water partition coefficient (Wildman–Crippen LogP) is 2.44. The van der Waals surface area contributed by atoms with E-state index in [9.17, 15) is 4.79 Å². The first-order valence-electron chi connectivity index (χ1n) is 6.24. The molecule has 1 atom stereocenters. The molecule has 1 aromatic rings. The summed E-state index contributed by atoms with van der Waals surface area (Å²) in [6.45, 7) is 7.65. The average Bonchev–Trinajstić information content (AvgIpc) is 2.37. The fourth-order valence-electron chi connectivity index (χ4n) is 1.73. The van der Waals surface area contributed by atoms with Gasteiger partial charge in [-0.15, -0.1) is 11.8 Å². The van der Waals surface area contributed by atoms with E-state index >= 15 is 0 Å². The maximum Gasteiger partial charge on any atom is 0.251 e. The second-order valence-corrected chi connectivity index (χ2v) is 5.23. The van der Waals surface area contributed by atoms with Crippen molar-refractivity contribution in [2.45, 2.75) is 31.7 Å². The molecule has 18 heavy (non-hydrogen) atoms. The average molecular weight is 266 g/mol. The van der Waals surface area contributed by atoms with E-state index in [-0.39, 0.29) is 5.91 Å². The Morgan fingerprint density at radius 3 is 2.78 bits per heavy atom. The molecule has 4 heteroatoms. The summed E-state index contributed by atoms with van der Waals surface area (Å²) >= 11 is 1.65. The van der Waals surface area contributed by atoms with Crippen molar-refractivity contribution < 1.29 is 4.79 Å². The number of carbonyl (C=O) groups excluding carboxylic acids is 1. The number of likely N-dealkylation sites (N-methyl/N-ethyl adjacent to an activating group) is 1.